The van der Waals surface area contributed by atoms with E-state index in [9.17, 15) is 17.6 Å². The number of halogens is 1. The Morgan fingerprint density at radius 1 is 1.27 bits per heavy atom. The average Bonchev–Trinajstić information content (AvgIpc) is 3.02. The number of hydrogen-bond donors (Lipinski definition) is 1. The maximum absolute atomic E-state index is 14.8. The molecule has 1 atom stereocenters. The third-order valence-corrected chi connectivity index (χ3v) is 9.37. The van der Waals surface area contributed by atoms with Gasteiger partial charge in [-0.15, -0.1) is 0 Å². The predicted octanol–water partition coefficient (Wildman–Crippen LogP) is 1.00. The average molecular weight is 497 g/mol. The Hall–Kier alpha value is -2.62. The zero-order chi connectivity index (χ0) is 21.8. The van der Waals surface area contributed by atoms with Crippen LogP contribution in [-0.2, 0) is 15.6 Å². The second-order valence-corrected chi connectivity index (χ2v) is 11.3. The number of hydrogen-bond acceptors (Lipinski definition) is 6. The summed E-state index contributed by atoms with van der Waals surface area (Å²) in [5.74, 6) is -0.613. The van der Waals surface area contributed by atoms with Crippen LogP contribution < -0.4 is 16.0 Å². The zero-order valence-electron chi connectivity index (χ0n) is 16.4. The van der Waals surface area contributed by atoms with Crippen molar-refractivity contribution in [1.82, 2.24) is 7.87 Å². The van der Waals surface area contributed by atoms with Crippen LogP contribution in [0.3, 0.4) is 0 Å². The number of rotatable bonds is 3. The zero-order valence-corrected chi connectivity index (χ0v) is 18.9. The van der Waals surface area contributed by atoms with E-state index >= 15 is 0 Å². The van der Waals surface area contributed by atoms with E-state index in [1.165, 1.54) is 32.2 Å². The third-order valence-electron chi connectivity index (χ3n) is 5.12. The van der Waals surface area contributed by atoms with Gasteiger partial charge in [0.2, 0.25) is 0 Å². The molecule has 158 valence electrons. The molecule has 8 nitrogen and oxygen atoms in total. The van der Waals surface area contributed by atoms with Crippen molar-refractivity contribution in [3.63, 3.8) is 0 Å². The molecule has 0 unspecified atom stereocenters. The summed E-state index contributed by atoms with van der Waals surface area (Å²) in [4.78, 5) is 17.2. The Bertz CT molecular complexity index is 1360. The molecule has 0 bridgehead atoms. The van der Waals surface area contributed by atoms with E-state index in [-0.39, 0.29) is 31.8 Å². The number of benzene rings is 2. The molecule has 0 aliphatic carbocycles. The fraction of sp³-hybridized carbons (Fsp3) is 0.263. The molecule has 2 heterocycles. The molecular formula is C19H19FN4O4SSe. The second kappa shape index (κ2) is 6.97. The van der Waals surface area contributed by atoms with E-state index in [1.54, 1.807) is 22.8 Å². The molecule has 0 saturated heterocycles. The molecule has 30 heavy (non-hydrogen) atoms. The summed E-state index contributed by atoms with van der Waals surface area (Å²) in [7, 11) is -0.900. The van der Waals surface area contributed by atoms with Crippen molar-refractivity contribution in [2.45, 2.75) is 12.5 Å². The van der Waals surface area contributed by atoms with Gasteiger partial charge in [0.25, 0.3) is 0 Å². The number of ether oxygens (including phenoxy) is 1. The van der Waals surface area contributed by atoms with Crippen LogP contribution in [0.15, 0.2) is 46.2 Å². The standard InChI is InChI=1S/C19H19FN4O4SSe/c1-19(10-29(26,27)23(2)18(21)22-19)14-8-11(4-7-15(14)20)24-17(25)13-6-5-12(28-3)9-16(13)30-24/h4-9H,10H2,1-3H3,(H2,21,22)/t19-/m0/s1. The Morgan fingerprint density at radius 3 is 2.67 bits per heavy atom. The number of guanidine groups is 1. The maximum atomic E-state index is 14.8. The summed E-state index contributed by atoms with van der Waals surface area (Å²) < 4.78 is 48.2. The summed E-state index contributed by atoms with van der Waals surface area (Å²) in [5, 5.41) is 0.567. The van der Waals surface area contributed by atoms with Crippen LogP contribution in [-0.4, -0.2) is 56.9 Å². The van der Waals surface area contributed by atoms with Crippen LogP contribution >= 0.6 is 0 Å². The molecule has 0 radical (unpaired) electrons. The van der Waals surface area contributed by atoms with Crippen molar-refractivity contribution in [2.24, 2.45) is 10.7 Å². The van der Waals surface area contributed by atoms with Gasteiger partial charge in [0, 0.05) is 0 Å². The molecule has 0 amide bonds. The molecule has 1 aliphatic heterocycles. The van der Waals surface area contributed by atoms with Crippen molar-refractivity contribution in [2.75, 3.05) is 19.9 Å². The van der Waals surface area contributed by atoms with E-state index in [0.717, 1.165) is 8.57 Å². The van der Waals surface area contributed by atoms with Crippen molar-refractivity contribution in [3.8, 4) is 11.4 Å². The molecular weight excluding hydrogens is 478 g/mol. The normalized spacial score (nSPS) is 20.9. The van der Waals surface area contributed by atoms with Crippen LogP contribution in [0.2, 0.25) is 0 Å². The van der Waals surface area contributed by atoms with Crippen molar-refractivity contribution in [1.29, 1.82) is 0 Å². The van der Waals surface area contributed by atoms with Gasteiger partial charge < -0.3 is 0 Å². The molecule has 1 aromatic heterocycles. The van der Waals surface area contributed by atoms with Gasteiger partial charge in [-0.3, -0.25) is 0 Å². The molecule has 0 fully saturated rings. The Morgan fingerprint density at radius 2 is 2.00 bits per heavy atom. The van der Waals surface area contributed by atoms with Gasteiger partial charge in [0.15, 0.2) is 0 Å². The Balaban J connectivity index is 1.89. The minimum atomic E-state index is -3.76. The number of methoxy groups -OCH3 is 1. The molecule has 2 N–H and O–H groups in total. The second-order valence-electron chi connectivity index (χ2n) is 7.18. The van der Waals surface area contributed by atoms with Crippen molar-refractivity contribution in [3.05, 3.63) is 58.1 Å². The number of nitrogens with zero attached hydrogens (tertiary/aromatic N) is 3. The van der Waals surface area contributed by atoms with Gasteiger partial charge in [0.05, 0.1) is 0 Å². The van der Waals surface area contributed by atoms with Crippen LogP contribution in [0.25, 0.3) is 15.3 Å². The first-order valence-corrected chi connectivity index (χ1v) is 12.1. The molecule has 1 aliphatic rings. The van der Waals surface area contributed by atoms with Gasteiger partial charge >= 0.3 is 178 Å². The summed E-state index contributed by atoms with van der Waals surface area (Å²) in [6, 6.07) is 9.44. The van der Waals surface area contributed by atoms with E-state index in [2.05, 4.69) is 4.99 Å². The Kier molecular flexibility index (Phi) is 4.80. The van der Waals surface area contributed by atoms with Crippen LogP contribution in [0, 0.1) is 5.82 Å². The number of aliphatic imine (C=N–C) groups is 1. The fourth-order valence-corrected chi connectivity index (χ4v) is 7.03. The Labute approximate surface area is 178 Å². The van der Waals surface area contributed by atoms with Gasteiger partial charge in [0.1, 0.15) is 0 Å². The summed E-state index contributed by atoms with van der Waals surface area (Å²) in [6.07, 6.45) is 0. The van der Waals surface area contributed by atoms with Crippen LogP contribution in [0.1, 0.15) is 12.5 Å². The van der Waals surface area contributed by atoms with Gasteiger partial charge in [-0.2, -0.15) is 0 Å². The van der Waals surface area contributed by atoms with Gasteiger partial charge in [-0.05, 0) is 0 Å². The number of aromatic nitrogens is 1. The molecule has 4 rings (SSSR count). The fourth-order valence-electron chi connectivity index (χ4n) is 3.44. The molecule has 0 spiro atoms. The van der Waals surface area contributed by atoms with E-state index in [0.29, 0.717) is 16.8 Å². The monoisotopic (exact) mass is 498 g/mol. The summed E-state index contributed by atoms with van der Waals surface area (Å²) in [6.45, 7) is 1.52. The molecule has 2 aromatic carbocycles. The van der Waals surface area contributed by atoms with Crippen LogP contribution in [0.5, 0.6) is 5.75 Å². The quantitative estimate of drug-likeness (QED) is 0.544. The predicted molar refractivity (Wildman–Crippen MR) is 114 cm³/mol. The molecule has 0 saturated carbocycles. The van der Waals surface area contributed by atoms with Gasteiger partial charge in [-0.25, -0.2) is 0 Å². The van der Waals surface area contributed by atoms with E-state index in [4.69, 9.17) is 10.5 Å². The number of sulfonamides is 1. The van der Waals surface area contributed by atoms with Crippen molar-refractivity contribution < 1.29 is 17.5 Å². The van der Waals surface area contributed by atoms with E-state index < -0.39 is 27.1 Å². The van der Waals surface area contributed by atoms with Gasteiger partial charge in [-0.1, -0.05) is 0 Å². The third kappa shape index (κ3) is 3.23. The molecule has 3 aromatic rings. The SMILES string of the molecule is COc1ccc2c(=O)n(-c3ccc(F)c([C@]4(C)CS(=O)(=O)N(C)C(N)=N4)c3)[se]c2c1. The topological polar surface area (TPSA) is 107 Å². The minimum absolute atomic E-state index is 0.0664. The summed E-state index contributed by atoms with van der Waals surface area (Å²) in [5.41, 5.74) is 4.71. The van der Waals surface area contributed by atoms with E-state index in [1.807, 2.05) is 6.07 Å². The summed E-state index contributed by atoms with van der Waals surface area (Å²) >= 11 is -0.377. The number of nitrogens with two attached hydrogens (primary N) is 1. The molecule has 11 heteroatoms. The first kappa shape index (κ1) is 20.6. The number of fused-ring (bicyclic) bond motifs is 1. The van der Waals surface area contributed by atoms with Crippen LogP contribution in [0.4, 0.5) is 4.39 Å². The first-order chi connectivity index (χ1) is 14.1. The first-order valence-electron chi connectivity index (χ1n) is 8.88. The van der Waals surface area contributed by atoms with Crippen molar-refractivity contribution >= 4 is 40.4 Å².